The number of benzene rings is 2. The third kappa shape index (κ3) is 6.24. The molecule has 0 aliphatic rings. The normalized spacial score (nSPS) is 11.6. The molecule has 2 aromatic rings. The minimum atomic E-state index is -0.829. The average Bonchev–Trinajstić information content (AvgIpc) is 2.60. The summed E-state index contributed by atoms with van der Waals surface area (Å²) in [6.07, 6.45) is 1.68. The first-order valence-corrected chi connectivity index (χ1v) is 8.70. The number of hydrogen-bond acceptors (Lipinski definition) is 3. The zero-order chi connectivity index (χ0) is 18.9. The van der Waals surface area contributed by atoms with Crippen molar-refractivity contribution in [2.24, 2.45) is 5.92 Å². The number of anilines is 1. The number of para-hydroxylation sites is 1. The fourth-order valence-electron chi connectivity index (χ4n) is 2.90. The number of ether oxygens (including phenoxy) is 1. The van der Waals surface area contributed by atoms with Crippen molar-refractivity contribution < 1.29 is 19.4 Å². The highest BCUT2D eigenvalue weighted by atomic mass is 16.5. The van der Waals surface area contributed by atoms with Gasteiger partial charge in [-0.1, -0.05) is 37.3 Å². The number of amides is 1. The largest absolute Gasteiger partial charge is 0.496 e. The van der Waals surface area contributed by atoms with Gasteiger partial charge in [-0.15, -0.1) is 0 Å². The summed E-state index contributed by atoms with van der Waals surface area (Å²) in [5.41, 5.74) is 2.68. The molecule has 26 heavy (non-hydrogen) atoms. The molecule has 0 saturated heterocycles. The fourth-order valence-corrected chi connectivity index (χ4v) is 2.90. The maximum Gasteiger partial charge on any atom is 0.303 e. The number of rotatable bonds is 9. The summed E-state index contributed by atoms with van der Waals surface area (Å²) in [6.45, 7) is 2.04. The van der Waals surface area contributed by atoms with Crippen LogP contribution in [0.3, 0.4) is 0 Å². The molecule has 0 radical (unpaired) electrons. The van der Waals surface area contributed by atoms with E-state index in [1.165, 1.54) is 0 Å². The number of methoxy groups -OCH3 is 1. The topological polar surface area (TPSA) is 75.6 Å². The summed E-state index contributed by atoms with van der Waals surface area (Å²) in [6, 6.07) is 15.2. The Morgan fingerprint density at radius 2 is 1.92 bits per heavy atom. The highest BCUT2D eigenvalue weighted by Gasteiger charge is 2.13. The van der Waals surface area contributed by atoms with Crippen molar-refractivity contribution in [1.82, 2.24) is 0 Å². The third-order valence-electron chi connectivity index (χ3n) is 4.13. The monoisotopic (exact) mass is 355 g/mol. The lowest BCUT2D eigenvalue weighted by molar-refractivity contribution is -0.137. The maximum absolute atomic E-state index is 12.3. The molecule has 0 bridgehead atoms. The Kier molecular flexibility index (Phi) is 7.21. The average molecular weight is 355 g/mol. The van der Waals surface area contributed by atoms with Gasteiger partial charge >= 0.3 is 5.97 Å². The van der Waals surface area contributed by atoms with E-state index < -0.39 is 5.97 Å². The molecule has 2 aromatic carbocycles. The van der Waals surface area contributed by atoms with Gasteiger partial charge in [0.25, 0.3) is 0 Å². The number of hydrogen-bond donors (Lipinski definition) is 2. The predicted octanol–water partition coefficient (Wildman–Crippen LogP) is 3.92. The van der Waals surface area contributed by atoms with Gasteiger partial charge in [-0.2, -0.15) is 0 Å². The van der Waals surface area contributed by atoms with Crippen LogP contribution in [0.25, 0.3) is 0 Å². The number of nitrogens with one attached hydrogen (secondary N) is 1. The molecule has 0 aromatic heterocycles. The van der Waals surface area contributed by atoms with Crippen molar-refractivity contribution >= 4 is 17.6 Å². The van der Waals surface area contributed by atoms with Crippen molar-refractivity contribution in [1.29, 1.82) is 0 Å². The van der Waals surface area contributed by atoms with E-state index in [-0.39, 0.29) is 18.2 Å². The molecule has 1 unspecified atom stereocenters. The molecule has 0 spiro atoms. The summed E-state index contributed by atoms with van der Waals surface area (Å²) >= 11 is 0. The number of aryl methyl sites for hydroxylation is 1. The molecule has 0 fully saturated rings. The lowest BCUT2D eigenvalue weighted by atomic mass is 9.97. The van der Waals surface area contributed by atoms with Crippen LogP contribution in [0.4, 0.5) is 5.69 Å². The third-order valence-corrected chi connectivity index (χ3v) is 4.13. The minimum absolute atomic E-state index is 0.0530. The Bertz CT molecular complexity index is 757. The van der Waals surface area contributed by atoms with Crippen molar-refractivity contribution in [2.75, 3.05) is 12.4 Å². The summed E-state index contributed by atoms with van der Waals surface area (Å²) < 4.78 is 5.36. The second-order valence-corrected chi connectivity index (χ2v) is 6.47. The Labute approximate surface area is 154 Å². The lowest BCUT2D eigenvalue weighted by Gasteiger charge is -2.14. The maximum atomic E-state index is 12.3. The van der Waals surface area contributed by atoms with Gasteiger partial charge in [0.05, 0.1) is 7.11 Å². The molecule has 0 saturated carbocycles. The van der Waals surface area contributed by atoms with E-state index in [0.717, 1.165) is 23.3 Å². The molecule has 2 N–H and O–H groups in total. The molecule has 1 amide bonds. The van der Waals surface area contributed by atoms with Gasteiger partial charge in [-0.3, -0.25) is 9.59 Å². The van der Waals surface area contributed by atoms with E-state index >= 15 is 0 Å². The Balaban J connectivity index is 1.89. The Morgan fingerprint density at radius 3 is 2.65 bits per heavy atom. The van der Waals surface area contributed by atoms with Crippen LogP contribution in [0, 0.1) is 5.92 Å². The van der Waals surface area contributed by atoms with Gasteiger partial charge in [-0.05, 0) is 48.1 Å². The van der Waals surface area contributed by atoms with Crippen molar-refractivity contribution in [3.63, 3.8) is 0 Å². The van der Waals surface area contributed by atoms with Gasteiger partial charge in [0, 0.05) is 18.5 Å². The van der Waals surface area contributed by atoms with E-state index in [2.05, 4.69) is 5.32 Å². The van der Waals surface area contributed by atoms with Gasteiger partial charge in [0.1, 0.15) is 5.75 Å². The Morgan fingerprint density at radius 1 is 1.15 bits per heavy atom. The molecule has 138 valence electrons. The van der Waals surface area contributed by atoms with E-state index in [0.29, 0.717) is 18.5 Å². The first-order chi connectivity index (χ1) is 12.5. The van der Waals surface area contributed by atoms with Crippen LogP contribution in [0.2, 0.25) is 0 Å². The highest BCUT2D eigenvalue weighted by Crippen LogP contribution is 2.22. The number of carbonyl (C=O) groups is 2. The molecule has 0 aliphatic carbocycles. The molecular weight excluding hydrogens is 330 g/mol. The van der Waals surface area contributed by atoms with Crippen molar-refractivity contribution in [3.8, 4) is 5.75 Å². The second kappa shape index (κ2) is 9.61. The van der Waals surface area contributed by atoms with Gasteiger partial charge < -0.3 is 15.2 Å². The van der Waals surface area contributed by atoms with Crippen LogP contribution in [-0.4, -0.2) is 24.1 Å². The quantitative estimate of drug-likeness (QED) is 0.715. The predicted molar refractivity (Wildman–Crippen MR) is 102 cm³/mol. The van der Waals surface area contributed by atoms with E-state index in [9.17, 15) is 9.59 Å². The first kappa shape index (κ1) is 19.5. The van der Waals surface area contributed by atoms with Crippen molar-refractivity contribution in [3.05, 3.63) is 59.7 Å². The van der Waals surface area contributed by atoms with Gasteiger partial charge in [0.2, 0.25) is 5.91 Å². The molecule has 5 heteroatoms. The number of aliphatic carboxylic acids is 1. The smallest absolute Gasteiger partial charge is 0.303 e. The molecule has 0 heterocycles. The summed E-state index contributed by atoms with van der Waals surface area (Å²) in [5.74, 6) is 0.125. The molecule has 1 atom stereocenters. The number of carboxylic acids is 1. The summed E-state index contributed by atoms with van der Waals surface area (Å²) in [5, 5.41) is 11.7. The fraction of sp³-hybridized carbons (Fsp3) is 0.333. The second-order valence-electron chi connectivity index (χ2n) is 6.47. The van der Waals surface area contributed by atoms with Crippen LogP contribution in [0.15, 0.2) is 48.5 Å². The van der Waals surface area contributed by atoms with E-state index in [1.807, 2.05) is 55.5 Å². The standard InChI is InChI=1S/C21H25NO4/c1-15(12-17-7-3-4-9-19(17)26-2)13-20(23)22-18-8-5-6-16(14-18)10-11-21(24)25/h3-9,14-15H,10-13H2,1-2H3,(H,22,23)(H,24,25). The SMILES string of the molecule is COc1ccccc1CC(C)CC(=O)Nc1cccc(CCC(=O)O)c1. The first-order valence-electron chi connectivity index (χ1n) is 8.70. The zero-order valence-electron chi connectivity index (χ0n) is 15.2. The lowest BCUT2D eigenvalue weighted by Crippen LogP contribution is -2.16. The number of carboxylic acid groups (broad SMARTS) is 1. The molecule has 5 nitrogen and oxygen atoms in total. The summed E-state index contributed by atoms with van der Waals surface area (Å²) in [4.78, 5) is 23.0. The molecule has 2 rings (SSSR count). The number of carbonyl (C=O) groups excluding carboxylic acids is 1. The van der Waals surface area contributed by atoms with E-state index in [4.69, 9.17) is 9.84 Å². The summed E-state index contributed by atoms with van der Waals surface area (Å²) in [7, 11) is 1.65. The van der Waals surface area contributed by atoms with Crippen LogP contribution in [0.5, 0.6) is 5.75 Å². The van der Waals surface area contributed by atoms with Crippen LogP contribution >= 0.6 is 0 Å². The van der Waals surface area contributed by atoms with Crippen LogP contribution in [0.1, 0.15) is 30.9 Å². The van der Waals surface area contributed by atoms with Crippen LogP contribution < -0.4 is 10.1 Å². The molecule has 0 aliphatic heterocycles. The van der Waals surface area contributed by atoms with Crippen molar-refractivity contribution in [2.45, 2.75) is 32.6 Å². The molecular formula is C21H25NO4. The van der Waals surface area contributed by atoms with Crippen LogP contribution in [-0.2, 0) is 22.4 Å². The Hall–Kier alpha value is -2.82. The minimum Gasteiger partial charge on any atom is -0.496 e. The van der Waals surface area contributed by atoms with E-state index in [1.54, 1.807) is 7.11 Å². The van der Waals surface area contributed by atoms with Gasteiger partial charge in [-0.25, -0.2) is 0 Å². The zero-order valence-corrected chi connectivity index (χ0v) is 15.2. The highest BCUT2D eigenvalue weighted by molar-refractivity contribution is 5.90. The van der Waals surface area contributed by atoms with Gasteiger partial charge in [0.15, 0.2) is 0 Å².